The van der Waals surface area contributed by atoms with Gasteiger partial charge in [-0.1, -0.05) is 0 Å². The maximum absolute atomic E-state index is 14.4. The SMILES string of the molecule is CN1C(C)(C)CC(Nc2nc(Nn3cnc(C#N)c3C#N)ncc2F)CC1(C)C. The highest BCUT2D eigenvalue weighted by Crippen LogP contribution is 2.38. The Morgan fingerprint density at radius 2 is 1.79 bits per heavy atom. The molecule has 3 rings (SSSR count). The second kappa shape index (κ2) is 7.30. The number of nitriles is 2. The average molecular weight is 397 g/mol. The van der Waals surface area contributed by atoms with Crippen molar-refractivity contribution in [2.75, 3.05) is 17.8 Å². The number of hydrogen-bond donors (Lipinski definition) is 2. The van der Waals surface area contributed by atoms with E-state index in [4.69, 9.17) is 5.26 Å². The van der Waals surface area contributed by atoms with Crippen molar-refractivity contribution >= 4 is 11.8 Å². The van der Waals surface area contributed by atoms with E-state index in [1.807, 2.05) is 12.1 Å². The Morgan fingerprint density at radius 1 is 1.14 bits per heavy atom. The first-order valence-electron chi connectivity index (χ1n) is 9.25. The van der Waals surface area contributed by atoms with Crippen LogP contribution in [0.25, 0.3) is 0 Å². The summed E-state index contributed by atoms with van der Waals surface area (Å²) in [5.74, 6) is -0.393. The van der Waals surface area contributed by atoms with Crippen LogP contribution in [0.15, 0.2) is 12.5 Å². The van der Waals surface area contributed by atoms with Gasteiger partial charge in [0, 0.05) is 17.1 Å². The highest BCUT2D eigenvalue weighted by atomic mass is 19.1. The van der Waals surface area contributed by atoms with Gasteiger partial charge in [0.1, 0.15) is 18.5 Å². The van der Waals surface area contributed by atoms with Crippen molar-refractivity contribution in [1.29, 1.82) is 10.5 Å². The smallest absolute Gasteiger partial charge is 0.244 e. The fourth-order valence-electron chi connectivity index (χ4n) is 3.92. The zero-order chi connectivity index (χ0) is 21.4. The summed E-state index contributed by atoms with van der Waals surface area (Å²) >= 11 is 0. The van der Waals surface area contributed by atoms with E-state index in [9.17, 15) is 9.65 Å². The summed E-state index contributed by atoms with van der Waals surface area (Å²) in [4.78, 5) is 14.3. The number of likely N-dealkylation sites (tertiary alicyclic amines) is 1. The lowest BCUT2D eigenvalue weighted by Gasteiger charge is -2.53. The molecule has 0 bridgehead atoms. The van der Waals surface area contributed by atoms with Crippen molar-refractivity contribution in [3.05, 3.63) is 29.7 Å². The number of nitrogens with one attached hydrogen (secondary N) is 2. The van der Waals surface area contributed by atoms with Crippen LogP contribution in [-0.4, -0.2) is 48.7 Å². The standard InChI is InChI=1S/C19H24FN9/c1-18(2)6-12(7-19(3,4)28(18)5)25-16-13(20)10-23-17(26-16)27-29-11-24-14(8-21)15(29)9-22/h10-12H,6-7H2,1-5H3,(H2,23,25,26,27). The maximum atomic E-state index is 14.4. The van der Waals surface area contributed by atoms with Crippen LogP contribution in [0.5, 0.6) is 0 Å². The van der Waals surface area contributed by atoms with Crippen LogP contribution in [0.1, 0.15) is 51.9 Å². The van der Waals surface area contributed by atoms with Gasteiger partial charge in [-0.25, -0.2) is 19.0 Å². The molecule has 2 aromatic rings. The first-order valence-corrected chi connectivity index (χ1v) is 9.25. The fourth-order valence-corrected chi connectivity index (χ4v) is 3.92. The summed E-state index contributed by atoms with van der Waals surface area (Å²) in [5.41, 5.74) is 2.65. The zero-order valence-electron chi connectivity index (χ0n) is 17.2. The molecule has 9 nitrogen and oxygen atoms in total. The summed E-state index contributed by atoms with van der Waals surface area (Å²) in [6.07, 6.45) is 3.99. The average Bonchev–Trinajstić information content (AvgIpc) is 3.03. The van der Waals surface area contributed by atoms with Gasteiger partial charge >= 0.3 is 0 Å². The summed E-state index contributed by atoms with van der Waals surface area (Å²) in [7, 11) is 2.11. The Hall–Kier alpha value is -3.24. The van der Waals surface area contributed by atoms with E-state index < -0.39 is 5.82 Å². The van der Waals surface area contributed by atoms with Gasteiger partial charge in [0.2, 0.25) is 5.95 Å². The molecule has 1 aliphatic rings. The quantitative estimate of drug-likeness (QED) is 0.808. The third kappa shape index (κ3) is 3.98. The Labute approximate surface area is 169 Å². The first-order chi connectivity index (χ1) is 13.6. The molecule has 3 heterocycles. The number of anilines is 2. The van der Waals surface area contributed by atoms with Crippen molar-refractivity contribution in [3.63, 3.8) is 0 Å². The van der Waals surface area contributed by atoms with E-state index in [-0.39, 0.29) is 40.3 Å². The molecule has 2 aromatic heterocycles. The molecule has 0 saturated carbocycles. The molecule has 29 heavy (non-hydrogen) atoms. The van der Waals surface area contributed by atoms with Crippen molar-refractivity contribution in [1.82, 2.24) is 24.5 Å². The molecule has 2 N–H and O–H groups in total. The minimum Gasteiger partial charge on any atom is -0.365 e. The number of aromatic nitrogens is 4. The molecular formula is C19H24FN9. The van der Waals surface area contributed by atoms with Gasteiger partial charge in [-0.3, -0.25) is 10.3 Å². The third-order valence-corrected chi connectivity index (χ3v) is 5.59. The van der Waals surface area contributed by atoms with E-state index >= 15 is 0 Å². The maximum Gasteiger partial charge on any atom is 0.244 e. The van der Waals surface area contributed by atoms with Crippen molar-refractivity contribution < 1.29 is 4.39 Å². The van der Waals surface area contributed by atoms with Crippen LogP contribution in [0.3, 0.4) is 0 Å². The zero-order valence-corrected chi connectivity index (χ0v) is 17.2. The number of hydrogen-bond acceptors (Lipinski definition) is 8. The Morgan fingerprint density at radius 3 is 2.38 bits per heavy atom. The van der Waals surface area contributed by atoms with Crippen LogP contribution >= 0.6 is 0 Å². The van der Waals surface area contributed by atoms with Crippen molar-refractivity contribution in [2.24, 2.45) is 0 Å². The molecule has 0 amide bonds. The summed E-state index contributed by atoms with van der Waals surface area (Å²) < 4.78 is 15.6. The number of halogens is 1. The molecule has 0 spiro atoms. The van der Waals surface area contributed by atoms with E-state index in [0.29, 0.717) is 0 Å². The lowest BCUT2D eigenvalue weighted by Crippen LogP contribution is -2.61. The molecule has 10 heteroatoms. The summed E-state index contributed by atoms with van der Waals surface area (Å²) in [6.45, 7) is 8.67. The van der Waals surface area contributed by atoms with E-state index in [2.05, 4.69) is 65.3 Å². The van der Waals surface area contributed by atoms with E-state index in [0.717, 1.165) is 19.0 Å². The highest BCUT2D eigenvalue weighted by Gasteiger charge is 2.43. The predicted octanol–water partition coefficient (Wildman–Crippen LogP) is 2.49. The third-order valence-electron chi connectivity index (χ3n) is 5.59. The lowest BCUT2D eigenvalue weighted by atomic mass is 9.77. The van der Waals surface area contributed by atoms with Crippen molar-refractivity contribution in [2.45, 2.75) is 57.7 Å². The van der Waals surface area contributed by atoms with E-state index in [1.54, 1.807) is 0 Å². The fraction of sp³-hybridized carbons (Fsp3) is 0.526. The molecule has 0 aromatic carbocycles. The number of piperidine rings is 1. The monoisotopic (exact) mass is 397 g/mol. The minimum absolute atomic E-state index is 0.0174. The largest absolute Gasteiger partial charge is 0.365 e. The molecule has 1 aliphatic heterocycles. The number of rotatable bonds is 4. The summed E-state index contributed by atoms with van der Waals surface area (Å²) in [5, 5.41) is 21.4. The van der Waals surface area contributed by atoms with Gasteiger partial charge in [-0.2, -0.15) is 15.5 Å². The van der Waals surface area contributed by atoms with Gasteiger partial charge in [0.15, 0.2) is 23.0 Å². The number of imidazole rings is 1. The topological polar surface area (TPSA) is 118 Å². The van der Waals surface area contributed by atoms with Gasteiger partial charge in [-0.05, 0) is 47.6 Å². The summed E-state index contributed by atoms with van der Waals surface area (Å²) in [6, 6.07) is 3.76. The molecular weight excluding hydrogens is 373 g/mol. The van der Waals surface area contributed by atoms with E-state index in [1.165, 1.54) is 11.0 Å². The predicted molar refractivity (Wildman–Crippen MR) is 105 cm³/mol. The van der Waals surface area contributed by atoms with Crippen LogP contribution in [0.4, 0.5) is 16.2 Å². The molecule has 152 valence electrons. The first kappa shape index (κ1) is 20.5. The normalized spacial score (nSPS) is 18.6. The van der Waals surface area contributed by atoms with Gasteiger partial charge < -0.3 is 5.32 Å². The van der Waals surface area contributed by atoms with Crippen LogP contribution < -0.4 is 10.7 Å². The van der Waals surface area contributed by atoms with Gasteiger partial charge in [0.25, 0.3) is 0 Å². The van der Waals surface area contributed by atoms with Gasteiger partial charge in [-0.15, -0.1) is 0 Å². The Balaban J connectivity index is 1.83. The minimum atomic E-state index is -0.561. The van der Waals surface area contributed by atoms with Gasteiger partial charge in [0.05, 0.1) is 6.20 Å². The van der Waals surface area contributed by atoms with Crippen LogP contribution in [0, 0.1) is 28.5 Å². The molecule has 0 unspecified atom stereocenters. The molecule has 1 saturated heterocycles. The lowest BCUT2D eigenvalue weighted by molar-refractivity contribution is -0.00778. The Kier molecular flexibility index (Phi) is 5.16. The van der Waals surface area contributed by atoms with Crippen LogP contribution in [0.2, 0.25) is 0 Å². The highest BCUT2D eigenvalue weighted by molar-refractivity contribution is 5.44. The molecule has 0 radical (unpaired) electrons. The Bertz CT molecular complexity index is 978. The number of nitrogens with zero attached hydrogens (tertiary/aromatic N) is 7. The molecule has 1 fully saturated rings. The molecule has 0 atom stereocenters. The second-order valence-electron chi connectivity index (χ2n) is 8.47. The van der Waals surface area contributed by atoms with Crippen molar-refractivity contribution in [3.8, 4) is 12.1 Å². The molecule has 0 aliphatic carbocycles. The second-order valence-corrected chi connectivity index (χ2v) is 8.47. The van der Waals surface area contributed by atoms with Crippen LogP contribution in [-0.2, 0) is 0 Å².